The van der Waals surface area contributed by atoms with Crippen LogP contribution >= 0.6 is 0 Å². The SMILES string of the molecule is CCC[C@@H](N)C(=O)N1CC=C(C)CC1. The van der Waals surface area contributed by atoms with Crippen LogP contribution in [0.2, 0.25) is 0 Å². The summed E-state index contributed by atoms with van der Waals surface area (Å²) < 4.78 is 0. The summed E-state index contributed by atoms with van der Waals surface area (Å²) in [5, 5.41) is 0. The Kier molecular flexibility index (Phi) is 4.14. The lowest BCUT2D eigenvalue weighted by atomic mass is 10.1. The van der Waals surface area contributed by atoms with Crippen LogP contribution in [0.15, 0.2) is 11.6 Å². The molecule has 2 N–H and O–H groups in total. The van der Waals surface area contributed by atoms with Gasteiger partial charge in [0.25, 0.3) is 0 Å². The zero-order chi connectivity index (χ0) is 10.6. The summed E-state index contributed by atoms with van der Waals surface area (Å²) in [5.41, 5.74) is 7.15. The van der Waals surface area contributed by atoms with Crippen LogP contribution in [0.3, 0.4) is 0 Å². The molecule has 0 unspecified atom stereocenters. The van der Waals surface area contributed by atoms with E-state index < -0.39 is 0 Å². The average molecular weight is 196 g/mol. The van der Waals surface area contributed by atoms with Crippen LogP contribution in [0, 0.1) is 0 Å². The molecule has 1 aliphatic rings. The Morgan fingerprint density at radius 1 is 1.71 bits per heavy atom. The van der Waals surface area contributed by atoms with E-state index in [1.807, 2.05) is 11.8 Å². The second-order valence-corrected chi connectivity index (χ2v) is 3.98. The quantitative estimate of drug-likeness (QED) is 0.691. The lowest BCUT2D eigenvalue weighted by Crippen LogP contribution is -2.45. The van der Waals surface area contributed by atoms with E-state index >= 15 is 0 Å². The maximum absolute atomic E-state index is 11.8. The lowest BCUT2D eigenvalue weighted by Gasteiger charge is -2.27. The van der Waals surface area contributed by atoms with E-state index in [0.717, 1.165) is 32.4 Å². The molecule has 0 aromatic rings. The van der Waals surface area contributed by atoms with Gasteiger partial charge >= 0.3 is 0 Å². The summed E-state index contributed by atoms with van der Waals surface area (Å²) in [6, 6.07) is -0.299. The van der Waals surface area contributed by atoms with Crippen molar-refractivity contribution in [3.8, 4) is 0 Å². The topological polar surface area (TPSA) is 46.3 Å². The molecule has 0 spiro atoms. The van der Waals surface area contributed by atoms with Crippen LogP contribution in [0.25, 0.3) is 0 Å². The van der Waals surface area contributed by atoms with Gasteiger partial charge in [-0.15, -0.1) is 0 Å². The first-order valence-corrected chi connectivity index (χ1v) is 5.35. The highest BCUT2D eigenvalue weighted by Crippen LogP contribution is 2.11. The Labute approximate surface area is 86.0 Å². The Balaban J connectivity index is 2.46. The van der Waals surface area contributed by atoms with Crippen LogP contribution in [0.5, 0.6) is 0 Å². The molecule has 1 heterocycles. The molecule has 1 amide bonds. The van der Waals surface area contributed by atoms with E-state index in [2.05, 4.69) is 13.0 Å². The number of rotatable bonds is 3. The maximum Gasteiger partial charge on any atom is 0.239 e. The maximum atomic E-state index is 11.8. The van der Waals surface area contributed by atoms with E-state index in [4.69, 9.17) is 5.73 Å². The van der Waals surface area contributed by atoms with E-state index in [0.29, 0.717) is 0 Å². The van der Waals surface area contributed by atoms with Crippen LogP contribution in [0.1, 0.15) is 33.1 Å². The molecule has 0 aliphatic carbocycles. The molecule has 0 radical (unpaired) electrons. The highest BCUT2D eigenvalue weighted by molar-refractivity contribution is 5.81. The zero-order valence-corrected chi connectivity index (χ0v) is 9.12. The molecule has 0 bridgehead atoms. The van der Waals surface area contributed by atoms with Gasteiger partial charge < -0.3 is 10.6 Å². The minimum atomic E-state index is -0.299. The number of nitrogens with zero attached hydrogens (tertiary/aromatic N) is 1. The minimum Gasteiger partial charge on any atom is -0.337 e. The average Bonchev–Trinajstić information content (AvgIpc) is 2.18. The lowest BCUT2D eigenvalue weighted by molar-refractivity contribution is -0.132. The Morgan fingerprint density at radius 3 is 2.93 bits per heavy atom. The summed E-state index contributed by atoms with van der Waals surface area (Å²) in [4.78, 5) is 13.6. The predicted molar refractivity (Wildman–Crippen MR) is 57.8 cm³/mol. The van der Waals surface area contributed by atoms with E-state index in [-0.39, 0.29) is 11.9 Å². The summed E-state index contributed by atoms with van der Waals surface area (Å²) in [5.74, 6) is 0.107. The molecule has 14 heavy (non-hydrogen) atoms. The molecule has 1 rings (SSSR count). The molecule has 0 aromatic heterocycles. The zero-order valence-electron chi connectivity index (χ0n) is 9.12. The van der Waals surface area contributed by atoms with Gasteiger partial charge in [0.15, 0.2) is 0 Å². The highest BCUT2D eigenvalue weighted by atomic mass is 16.2. The van der Waals surface area contributed by atoms with Gasteiger partial charge in [0.1, 0.15) is 0 Å². The third kappa shape index (κ3) is 2.84. The summed E-state index contributed by atoms with van der Waals surface area (Å²) >= 11 is 0. The molecule has 1 aliphatic heterocycles. The van der Waals surface area contributed by atoms with Crippen molar-refractivity contribution in [3.63, 3.8) is 0 Å². The summed E-state index contributed by atoms with van der Waals surface area (Å²) in [7, 11) is 0. The third-order valence-corrected chi connectivity index (χ3v) is 2.66. The highest BCUT2D eigenvalue weighted by Gasteiger charge is 2.20. The van der Waals surface area contributed by atoms with E-state index in [9.17, 15) is 4.79 Å². The summed E-state index contributed by atoms with van der Waals surface area (Å²) in [6.07, 6.45) is 4.86. The van der Waals surface area contributed by atoms with Gasteiger partial charge in [0, 0.05) is 13.1 Å². The standard InChI is InChI=1S/C11H20N2O/c1-3-4-10(12)11(14)13-7-5-9(2)6-8-13/h5,10H,3-4,6-8,12H2,1-2H3/t10-/m1/s1. The number of carbonyl (C=O) groups is 1. The van der Waals surface area contributed by atoms with Gasteiger partial charge in [0.05, 0.1) is 6.04 Å². The number of hydrogen-bond donors (Lipinski definition) is 1. The van der Waals surface area contributed by atoms with Crippen molar-refractivity contribution in [1.82, 2.24) is 4.90 Å². The number of nitrogens with two attached hydrogens (primary N) is 1. The number of carbonyl (C=O) groups excluding carboxylic acids is 1. The van der Waals surface area contributed by atoms with Gasteiger partial charge in [-0.25, -0.2) is 0 Å². The first-order chi connectivity index (χ1) is 6.65. The fourth-order valence-corrected chi connectivity index (χ4v) is 1.64. The first-order valence-electron chi connectivity index (χ1n) is 5.35. The van der Waals surface area contributed by atoms with Gasteiger partial charge in [0.2, 0.25) is 5.91 Å². The van der Waals surface area contributed by atoms with Crippen molar-refractivity contribution in [2.24, 2.45) is 5.73 Å². The minimum absolute atomic E-state index is 0.107. The van der Waals surface area contributed by atoms with Crippen LogP contribution in [-0.2, 0) is 4.79 Å². The molecule has 0 fully saturated rings. The molecule has 80 valence electrons. The van der Waals surface area contributed by atoms with Crippen molar-refractivity contribution >= 4 is 5.91 Å². The number of hydrogen-bond acceptors (Lipinski definition) is 2. The molecule has 0 aromatic carbocycles. The molecule has 1 atom stereocenters. The van der Waals surface area contributed by atoms with E-state index in [1.54, 1.807) is 0 Å². The second kappa shape index (κ2) is 5.15. The number of amides is 1. The molecular formula is C11H20N2O. The van der Waals surface area contributed by atoms with Crippen molar-refractivity contribution in [3.05, 3.63) is 11.6 Å². The second-order valence-electron chi connectivity index (χ2n) is 3.98. The molecule has 3 heteroatoms. The smallest absolute Gasteiger partial charge is 0.239 e. The summed E-state index contributed by atoms with van der Waals surface area (Å²) in [6.45, 7) is 5.72. The fourth-order valence-electron chi connectivity index (χ4n) is 1.64. The van der Waals surface area contributed by atoms with Crippen molar-refractivity contribution in [2.75, 3.05) is 13.1 Å². The Bertz CT molecular complexity index is 235. The normalized spacial score (nSPS) is 19.1. The molecule has 0 saturated heterocycles. The molecule has 0 saturated carbocycles. The van der Waals surface area contributed by atoms with Crippen molar-refractivity contribution in [1.29, 1.82) is 0 Å². The third-order valence-electron chi connectivity index (χ3n) is 2.66. The molecule has 3 nitrogen and oxygen atoms in total. The van der Waals surface area contributed by atoms with Gasteiger partial charge in [-0.2, -0.15) is 0 Å². The van der Waals surface area contributed by atoms with Crippen molar-refractivity contribution < 1.29 is 4.79 Å². The van der Waals surface area contributed by atoms with Crippen molar-refractivity contribution in [2.45, 2.75) is 39.2 Å². The Hall–Kier alpha value is -0.830. The largest absolute Gasteiger partial charge is 0.337 e. The van der Waals surface area contributed by atoms with Crippen LogP contribution < -0.4 is 5.73 Å². The fraction of sp³-hybridized carbons (Fsp3) is 0.727. The molecular weight excluding hydrogens is 176 g/mol. The first kappa shape index (κ1) is 11.2. The van der Waals surface area contributed by atoms with Gasteiger partial charge in [-0.05, 0) is 19.8 Å². The van der Waals surface area contributed by atoms with Crippen LogP contribution in [-0.4, -0.2) is 29.9 Å². The van der Waals surface area contributed by atoms with Crippen LogP contribution in [0.4, 0.5) is 0 Å². The van der Waals surface area contributed by atoms with Gasteiger partial charge in [-0.1, -0.05) is 25.0 Å². The van der Waals surface area contributed by atoms with E-state index in [1.165, 1.54) is 5.57 Å². The monoisotopic (exact) mass is 196 g/mol. The predicted octanol–water partition coefficient (Wildman–Crippen LogP) is 1.29. The van der Waals surface area contributed by atoms with Gasteiger partial charge in [-0.3, -0.25) is 4.79 Å². The Morgan fingerprint density at radius 2 is 2.43 bits per heavy atom.